The standard InChI is InChI=1S/C14H29NO3/c1-2-3-4-5-6-7-8-9-15-10-12(16)14(18)13(17)11-15/h12-14,16-18H,2-11H2,1H3/t12-,13+,14?. The summed E-state index contributed by atoms with van der Waals surface area (Å²) in [5, 5.41) is 28.6. The van der Waals surface area contributed by atoms with Crippen molar-refractivity contribution in [2.75, 3.05) is 19.6 Å². The molecule has 1 fully saturated rings. The molecule has 1 aliphatic heterocycles. The van der Waals surface area contributed by atoms with E-state index in [1.807, 2.05) is 4.90 Å². The summed E-state index contributed by atoms with van der Waals surface area (Å²) in [7, 11) is 0. The van der Waals surface area contributed by atoms with E-state index in [0.717, 1.165) is 13.0 Å². The Kier molecular flexibility index (Phi) is 7.82. The van der Waals surface area contributed by atoms with Crippen LogP contribution in [0.15, 0.2) is 0 Å². The first-order chi connectivity index (χ1) is 8.65. The van der Waals surface area contributed by atoms with Crippen LogP contribution >= 0.6 is 0 Å². The molecule has 1 rings (SSSR count). The molecule has 18 heavy (non-hydrogen) atoms. The molecule has 1 unspecified atom stereocenters. The maximum Gasteiger partial charge on any atom is 0.108 e. The fourth-order valence-electron chi connectivity index (χ4n) is 2.55. The van der Waals surface area contributed by atoms with E-state index in [0.29, 0.717) is 13.1 Å². The van der Waals surface area contributed by atoms with Gasteiger partial charge in [-0.05, 0) is 13.0 Å². The number of hydrogen-bond acceptors (Lipinski definition) is 4. The van der Waals surface area contributed by atoms with Gasteiger partial charge in [-0.25, -0.2) is 0 Å². The summed E-state index contributed by atoms with van der Waals surface area (Å²) in [5.74, 6) is 0. The molecule has 108 valence electrons. The maximum absolute atomic E-state index is 9.57. The number of β-amino-alcohol motifs (C(OH)–C–C–N with tert-alkyl or cyclic N) is 2. The van der Waals surface area contributed by atoms with E-state index in [1.54, 1.807) is 0 Å². The van der Waals surface area contributed by atoms with E-state index in [-0.39, 0.29) is 0 Å². The maximum atomic E-state index is 9.57. The first-order valence-electron chi connectivity index (χ1n) is 7.41. The summed E-state index contributed by atoms with van der Waals surface area (Å²) >= 11 is 0. The molecule has 0 spiro atoms. The third kappa shape index (κ3) is 5.65. The highest BCUT2D eigenvalue weighted by atomic mass is 16.4. The highest BCUT2D eigenvalue weighted by Gasteiger charge is 2.32. The fourth-order valence-corrected chi connectivity index (χ4v) is 2.55. The SMILES string of the molecule is CCCCCCCCCN1C[C@@H](O)C(O)[C@@H](O)C1. The fraction of sp³-hybridized carbons (Fsp3) is 1.00. The van der Waals surface area contributed by atoms with Gasteiger partial charge in [0.1, 0.15) is 6.10 Å². The molecule has 0 aromatic heterocycles. The van der Waals surface area contributed by atoms with Gasteiger partial charge < -0.3 is 15.3 Å². The van der Waals surface area contributed by atoms with Gasteiger partial charge in [-0.1, -0.05) is 45.4 Å². The smallest absolute Gasteiger partial charge is 0.108 e. The van der Waals surface area contributed by atoms with E-state index in [9.17, 15) is 15.3 Å². The van der Waals surface area contributed by atoms with Crippen molar-refractivity contribution in [1.29, 1.82) is 0 Å². The Morgan fingerprint density at radius 3 is 1.89 bits per heavy atom. The van der Waals surface area contributed by atoms with Gasteiger partial charge in [-0.2, -0.15) is 0 Å². The minimum absolute atomic E-state index is 0.480. The van der Waals surface area contributed by atoms with Crippen molar-refractivity contribution in [1.82, 2.24) is 4.90 Å². The van der Waals surface area contributed by atoms with Crippen molar-refractivity contribution in [2.45, 2.75) is 70.2 Å². The molecule has 4 nitrogen and oxygen atoms in total. The summed E-state index contributed by atoms with van der Waals surface area (Å²) in [6, 6.07) is 0. The predicted octanol–water partition coefficient (Wildman–Crippen LogP) is 1.14. The summed E-state index contributed by atoms with van der Waals surface area (Å²) < 4.78 is 0. The number of aliphatic hydroxyl groups is 3. The van der Waals surface area contributed by atoms with Crippen molar-refractivity contribution in [3.63, 3.8) is 0 Å². The number of likely N-dealkylation sites (tertiary alicyclic amines) is 1. The van der Waals surface area contributed by atoms with Gasteiger partial charge in [0.05, 0.1) is 12.2 Å². The third-order valence-corrected chi connectivity index (χ3v) is 3.76. The second-order valence-corrected chi connectivity index (χ2v) is 5.51. The van der Waals surface area contributed by atoms with Gasteiger partial charge in [0, 0.05) is 13.1 Å². The summed E-state index contributed by atoms with van der Waals surface area (Å²) in [5.41, 5.74) is 0. The number of hydrogen-bond donors (Lipinski definition) is 3. The Morgan fingerprint density at radius 1 is 0.833 bits per heavy atom. The number of rotatable bonds is 8. The lowest BCUT2D eigenvalue weighted by Gasteiger charge is -2.36. The number of nitrogens with zero attached hydrogens (tertiary/aromatic N) is 1. The van der Waals surface area contributed by atoms with Crippen LogP contribution in [0.25, 0.3) is 0 Å². The molecule has 0 radical (unpaired) electrons. The Hall–Kier alpha value is -0.160. The van der Waals surface area contributed by atoms with E-state index in [4.69, 9.17) is 0 Å². The van der Waals surface area contributed by atoms with Crippen LogP contribution in [0.3, 0.4) is 0 Å². The summed E-state index contributed by atoms with van der Waals surface area (Å²) in [6.07, 6.45) is 6.29. The monoisotopic (exact) mass is 259 g/mol. The van der Waals surface area contributed by atoms with Crippen LogP contribution in [0, 0.1) is 0 Å². The first-order valence-corrected chi connectivity index (χ1v) is 7.41. The van der Waals surface area contributed by atoms with Crippen LogP contribution in [-0.4, -0.2) is 58.2 Å². The van der Waals surface area contributed by atoms with Crippen LogP contribution < -0.4 is 0 Å². The van der Waals surface area contributed by atoms with Gasteiger partial charge in [-0.3, -0.25) is 4.90 Å². The molecule has 3 atom stereocenters. The molecule has 0 aliphatic carbocycles. The molecule has 4 heteroatoms. The molecule has 0 aromatic carbocycles. The summed E-state index contributed by atoms with van der Waals surface area (Å²) in [6.45, 7) is 4.10. The number of piperidine rings is 1. The van der Waals surface area contributed by atoms with Gasteiger partial charge >= 0.3 is 0 Å². The van der Waals surface area contributed by atoms with E-state index < -0.39 is 18.3 Å². The average molecular weight is 259 g/mol. The Labute approximate surface area is 111 Å². The third-order valence-electron chi connectivity index (χ3n) is 3.76. The molecule has 1 saturated heterocycles. The van der Waals surface area contributed by atoms with Crippen molar-refractivity contribution in [2.24, 2.45) is 0 Å². The zero-order valence-corrected chi connectivity index (χ0v) is 11.6. The second kappa shape index (κ2) is 8.86. The lowest BCUT2D eigenvalue weighted by atomic mass is 10.0. The highest BCUT2D eigenvalue weighted by molar-refractivity contribution is 4.86. The van der Waals surface area contributed by atoms with E-state index in [1.165, 1.54) is 38.5 Å². The van der Waals surface area contributed by atoms with Crippen molar-refractivity contribution in [3.05, 3.63) is 0 Å². The molecule has 1 aliphatic rings. The topological polar surface area (TPSA) is 63.9 Å². The molecular formula is C14H29NO3. The molecule has 0 bridgehead atoms. The minimum Gasteiger partial charge on any atom is -0.389 e. The molecular weight excluding hydrogens is 230 g/mol. The second-order valence-electron chi connectivity index (χ2n) is 5.51. The van der Waals surface area contributed by atoms with Gasteiger partial charge in [0.2, 0.25) is 0 Å². The van der Waals surface area contributed by atoms with Crippen LogP contribution in [0.4, 0.5) is 0 Å². The number of aliphatic hydroxyl groups excluding tert-OH is 3. The predicted molar refractivity (Wildman–Crippen MR) is 72.5 cm³/mol. The summed E-state index contributed by atoms with van der Waals surface area (Å²) in [4.78, 5) is 2.05. The van der Waals surface area contributed by atoms with Gasteiger partial charge in [-0.15, -0.1) is 0 Å². The first kappa shape index (κ1) is 15.9. The zero-order chi connectivity index (χ0) is 13.4. The zero-order valence-electron chi connectivity index (χ0n) is 11.6. The van der Waals surface area contributed by atoms with Crippen molar-refractivity contribution in [3.8, 4) is 0 Å². The highest BCUT2D eigenvalue weighted by Crippen LogP contribution is 2.13. The van der Waals surface area contributed by atoms with Crippen LogP contribution in [-0.2, 0) is 0 Å². The molecule has 0 saturated carbocycles. The van der Waals surface area contributed by atoms with Crippen LogP contribution in [0.1, 0.15) is 51.9 Å². The minimum atomic E-state index is -0.977. The van der Waals surface area contributed by atoms with E-state index >= 15 is 0 Å². The van der Waals surface area contributed by atoms with Gasteiger partial charge in [0.25, 0.3) is 0 Å². The van der Waals surface area contributed by atoms with Crippen molar-refractivity contribution >= 4 is 0 Å². The molecule has 0 amide bonds. The Bertz CT molecular complexity index is 201. The van der Waals surface area contributed by atoms with Gasteiger partial charge in [0.15, 0.2) is 0 Å². The lowest BCUT2D eigenvalue weighted by Crippen LogP contribution is -2.55. The van der Waals surface area contributed by atoms with Crippen molar-refractivity contribution < 1.29 is 15.3 Å². The van der Waals surface area contributed by atoms with Crippen LogP contribution in [0.2, 0.25) is 0 Å². The lowest BCUT2D eigenvalue weighted by molar-refractivity contribution is -0.109. The Balaban J connectivity index is 2.02. The molecule has 3 N–H and O–H groups in total. The quantitative estimate of drug-likeness (QED) is 0.572. The average Bonchev–Trinajstić information content (AvgIpc) is 2.34. The largest absolute Gasteiger partial charge is 0.389 e. The normalized spacial score (nSPS) is 29.7. The number of unbranched alkanes of at least 4 members (excludes halogenated alkanes) is 6. The Morgan fingerprint density at radius 2 is 1.33 bits per heavy atom. The van der Waals surface area contributed by atoms with Crippen LogP contribution in [0.5, 0.6) is 0 Å². The molecule has 1 heterocycles. The van der Waals surface area contributed by atoms with E-state index in [2.05, 4.69) is 6.92 Å². The molecule has 0 aromatic rings.